The lowest BCUT2D eigenvalue weighted by molar-refractivity contribution is -0.154. The van der Waals surface area contributed by atoms with Crippen LogP contribution >= 0.6 is 0 Å². The zero-order valence-corrected chi connectivity index (χ0v) is 11.0. The van der Waals surface area contributed by atoms with Crippen molar-refractivity contribution in [3.05, 3.63) is 0 Å². The molecule has 0 fully saturated rings. The van der Waals surface area contributed by atoms with Crippen molar-refractivity contribution < 1.29 is 9.53 Å². The van der Waals surface area contributed by atoms with Crippen LogP contribution in [0.3, 0.4) is 0 Å². The first-order chi connectivity index (χ1) is 7.45. The highest BCUT2D eigenvalue weighted by Crippen LogP contribution is 2.11. The molecule has 0 aliphatic heterocycles. The van der Waals surface area contributed by atoms with Crippen molar-refractivity contribution in [2.45, 2.75) is 71.3 Å². The number of ether oxygens (including phenoxy) is 1. The maximum atomic E-state index is 11.3. The molecule has 0 amide bonds. The van der Waals surface area contributed by atoms with Crippen LogP contribution in [0.2, 0.25) is 0 Å². The predicted molar refractivity (Wildman–Crippen MR) is 66.1 cm³/mol. The minimum atomic E-state index is -0.356. The fourth-order valence-corrected chi connectivity index (χ4v) is 1.49. The summed E-state index contributed by atoms with van der Waals surface area (Å²) in [7, 11) is 0. The first-order valence-electron chi connectivity index (χ1n) is 6.32. The topological polar surface area (TPSA) is 50.1 Å². The van der Waals surface area contributed by atoms with Crippen molar-refractivity contribution in [3.8, 4) is 0 Å². The number of rotatable bonds is 8. The highest BCUT2D eigenvalue weighted by molar-refractivity contribution is 5.69. The molecule has 0 rings (SSSR count). The second kappa shape index (κ2) is 8.57. The van der Waals surface area contributed by atoms with E-state index in [1.165, 1.54) is 12.8 Å². The average molecular weight is 228 g/mol. The van der Waals surface area contributed by atoms with Gasteiger partial charge in [-0.2, -0.15) is 0 Å². The third kappa shape index (κ3) is 11.5. The van der Waals surface area contributed by atoms with E-state index < -0.39 is 0 Å². The summed E-state index contributed by atoms with van der Waals surface area (Å²) in [4.78, 5) is 11.3. The van der Waals surface area contributed by atoms with Gasteiger partial charge in [-0.05, 0) is 33.6 Å². The number of hydrogen-bond donors (Lipinski definition) is 0. The largest absolute Gasteiger partial charge is 0.460 e. The van der Waals surface area contributed by atoms with E-state index in [-0.39, 0.29) is 11.6 Å². The van der Waals surface area contributed by atoms with Crippen LogP contribution in [-0.4, -0.2) is 18.1 Å². The molecular formula is C13H26NO2. The SMILES string of the molecule is CC(C)(C)OC(=O)CCCCCCCC[NH]. The number of hydrogen-bond acceptors (Lipinski definition) is 2. The smallest absolute Gasteiger partial charge is 0.306 e. The van der Waals surface area contributed by atoms with Gasteiger partial charge in [-0.1, -0.05) is 25.7 Å². The molecule has 0 spiro atoms. The lowest BCUT2D eigenvalue weighted by atomic mass is 10.1. The van der Waals surface area contributed by atoms with Gasteiger partial charge in [0.15, 0.2) is 0 Å². The van der Waals surface area contributed by atoms with E-state index in [4.69, 9.17) is 10.5 Å². The molecular weight excluding hydrogens is 202 g/mol. The fraction of sp³-hybridized carbons (Fsp3) is 0.923. The third-order valence-corrected chi connectivity index (χ3v) is 2.23. The molecule has 3 heteroatoms. The molecule has 0 heterocycles. The average Bonchev–Trinajstić information content (AvgIpc) is 2.13. The molecule has 3 nitrogen and oxygen atoms in total. The maximum Gasteiger partial charge on any atom is 0.306 e. The summed E-state index contributed by atoms with van der Waals surface area (Å²) in [5.41, 5.74) is 6.64. The van der Waals surface area contributed by atoms with Crippen LogP contribution in [0.1, 0.15) is 65.7 Å². The van der Waals surface area contributed by atoms with Crippen LogP contribution in [0, 0.1) is 0 Å². The summed E-state index contributed by atoms with van der Waals surface area (Å²) < 4.78 is 5.22. The molecule has 1 radical (unpaired) electrons. The van der Waals surface area contributed by atoms with Crippen molar-refractivity contribution in [2.24, 2.45) is 0 Å². The second-order valence-corrected chi connectivity index (χ2v) is 5.21. The Hall–Kier alpha value is -0.570. The molecule has 95 valence electrons. The minimum Gasteiger partial charge on any atom is -0.460 e. The Morgan fingerprint density at radius 3 is 2.00 bits per heavy atom. The van der Waals surface area contributed by atoms with Crippen molar-refractivity contribution in [2.75, 3.05) is 6.54 Å². The number of carbonyl (C=O) groups excluding carboxylic acids is 1. The van der Waals surface area contributed by atoms with Crippen LogP contribution in [0.4, 0.5) is 0 Å². The molecule has 0 aromatic rings. The van der Waals surface area contributed by atoms with Gasteiger partial charge in [0, 0.05) is 13.0 Å². The van der Waals surface area contributed by atoms with Crippen LogP contribution in [0.15, 0.2) is 0 Å². The Balaban J connectivity index is 3.28. The van der Waals surface area contributed by atoms with Crippen molar-refractivity contribution in [1.29, 1.82) is 0 Å². The molecule has 0 aromatic heterocycles. The highest BCUT2D eigenvalue weighted by Gasteiger charge is 2.15. The lowest BCUT2D eigenvalue weighted by Crippen LogP contribution is -2.23. The Morgan fingerprint density at radius 1 is 1.00 bits per heavy atom. The number of nitrogens with one attached hydrogen (secondary N) is 1. The van der Waals surface area contributed by atoms with Gasteiger partial charge in [-0.25, -0.2) is 0 Å². The first-order valence-corrected chi connectivity index (χ1v) is 6.32. The standard InChI is InChI=1S/C13H26NO2/c1-13(2,3)16-12(15)10-8-6-4-5-7-9-11-14/h14H,4-11H2,1-3H3. The monoisotopic (exact) mass is 228 g/mol. The molecule has 0 aliphatic rings. The summed E-state index contributed by atoms with van der Waals surface area (Å²) in [6, 6.07) is 0. The lowest BCUT2D eigenvalue weighted by Gasteiger charge is -2.19. The first kappa shape index (κ1) is 15.4. The summed E-state index contributed by atoms with van der Waals surface area (Å²) >= 11 is 0. The van der Waals surface area contributed by atoms with Gasteiger partial charge in [0.2, 0.25) is 0 Å². The van der Waals surface area contributed by atoms with Crippen LogP contribution in [-0.2, 0) is 9.53 Å². The molecule has 0 unspecified atom stereocenters. The van der Waals surface area contributed by atoms with E-state index in [1.807, 2.05) is 20.8 Å². The van der Waals surface area contributed by atoms with Gasteiger partial charge >= 0.3 is 5.97 Å². The normalized spacial score (nSPS) is 11.5. The van der Waals surface area contributed by atoms with E-state index >= 15 is 0 Å². The van der Waals surface area contributed by atoms with E-state index in [1.54, 1.807) is 0 Å². The Labute approximate surface area is 99.7 Å². The van der Waals surface area contributed by atoms with Gasteiger partial charge in [0.1, 0.15) is 5.60 Å². The van der Waals surface area contributed by atoms with Crippen LogP contribution < -0.4 is 5.73 Å². The Kier molecular flexibility index (Phi) is 8.26. The minimum absolute atomic E-state index is 0.0846. The Morgan fingerprint density at radius 2 is 1.50 bits per heavy atom. The zero-order chi connectivity index (χ0) is 12.4. The van der Waals surface area contributed by atoms with Crippen molar-refractivity contribution >= 4 is 5.97 Å². The highest BCUT2D eigenvalue weighted by atomic mass is 16.6. The van der Waals surface area contributed by atoms with Crippen molar-refractivity contribution in [3.63, 3.8) is 0 Å². The van der Waals surface area contributed by atoms with E-state index in [9.17, 15) is 4.79 Å². The second-order valence-electron chi connectivity index (χ2n) is 5.21. The molecule has 0 aliphatic carbocycles. The van der Waals surface area contributed by atoms with Crippen LogP contribution in [0.5, 0.6) is 0 Å². The summed E-state index contributed by atoms with van der Waals surface area (Å²) in [5, 5.41) is 0. The van der Waals surface area contributed by atoms with Gasteiger partial charge in [0.05, 0.1) is 0 Å². The quantitative estimate of drug-likeness (QED) is 0.472. The Bertz CT molecular complexity index is 185. The molecule has 0 bridgehead atoms. The molecule has 0 saturated heterocycles. The third-order valence-electron chi connectivity index (χ3n) is 2.23. The summed E-state index contributed by atoms with van der Waals surface area (Å²) in [5.74, 6) is -0.0846. The summed E-state index contributed by atoms with van der Waals surface area (Å²) in [6.45, 7) is 6.22. The van der Waals surface area contributed by atoms with E-state index in [0.29, 0.717) is 13.0 Å². The van der Waals surface area contributed by atoms with Gasteiger partial charge in [0.25, 0.3) is 0 Å². The predicted octanol–water partition coefficient (Wildman–Crippen LogP) is 3.34. The fourth-order valence-electron chi connectivity index (χ4n) is 1.49. The molecule has 0 aromatic carbocycles. The molecule has 1 N–H and O–H groups in total. The number of unbranched alkanes of at least 4 members (excludes halogenated alkanes) is 5. The number of carbonyl (C=O) groups is 1. The molecule has 16 heavy (non-hydrogen) atoms. The molecule has 0 atom stereocenters. The van der Waals surface area contributed by atoms with Gasteiger partial charge in [-0.3, -0.25) is 10.5 Å². The summed E-state index contributed by atoms with van der Waals surface area (Å²) in [6.07, 6.45) is 7.07. The number of esters is 1. The zero-order valence-electron chi connectivity index (χ0n) is 11.0. The molecule has 0 saturated carbocycles. The van der Waals surface area contributed by atoms with Crippen LogP contribution in [0.25, 0.3) is 0 Å². The van der Waals surface area contributed by atoms with Gasteiger partial charge < -0.3 is 4.74 Å². The van der Waals surface area contributed by atoms with E-state index in [2.05, 4.69) is 0 Å². The van der Waals surface area contributed by atoms with E-state index in [0.717, 1.165) is 25.7 Å². The van der Waals surface area contributed by atoms with Crippen molar-refractivity contribution in [1.82, 2.24) is 5.73 Å². The maximum absolute atomic E-state index is 11.3. The van der Waals surface area contributed by atoms with Gasteiger partial charge in [-0.15, -0.1) is 0 Å².